The molecule has 0 bridgehead atoms. The van der Waals surface area contributed by atoms with Gasteiger partial charge in [0.05, 0.1) is 25.4 Å². The predicted octanol–water partition coefficient (Wildman–Crippen LogP) is -1.62. The minimum Gasteiger partial charge on any atom is -0.508 e. The van der Waals surface area contributed by atoms with Gasteiger partial charge in [0.25, 0.3) is 0 Å². The van der Waals surface area contributed by atoms with E-state index < -0.39 is 85.8 Å². The van der Waals surface area contributed by atoms with Gasteiger partial charge in [0.2, 0.25) is 6.29 Å². The molecule has 5 rings (SSSR count). The molecule has 6 N–H and O–H groups in total. The van der Waals surface area contributed by atoms with Crippen molar-refractivity contribution < 1.29 is 59.1 Å². The molecule has 4 aliphatic rings. The Hall–Kier alpha value is -2.55. The zero-order valence-corrected chi connectivity index (χ0v) is 18.9. The highest BCUT2D eigenvalue weighted by molar-refractivity contribution is 5.87. The second-order valence-electron chi connectivity index (χ2n) is 9.25. The van der Waals surface area contributed by atoms with Crippen LogP contribution in [0, 0.1) is 11.8 Å². The number of benzene rings is 1. The standard InChI is InChI=1S/C24H28O12/c25-9-14-17(29)18(30)19(31)23(33-14)35-22-16-13(7-8-32-22)20(21-24(16,10-26)36-21)34-15(28)6-3-11-1-4-12(27)5-2-11/h1-8,13-14,16-23,25-27,29-31H,9-10H2/t13-,14-,16-,17-,18+,19-,20+,21-,22+,23+,24+/m1/s1. The van der Waals surface area contributed by atoms with Gasteiger partial charge in [0.15, 0.2) is 6.29 Å². The first kappa shape index (κ1) is 25.1. The number of aliphatic hydroxyl groups is 5. The first-order chi connectivity index (χ1) is 17.3. The Morgan fingerprint density at radius 2 is 1.81 bits per heavy atom. The minimum absolute atomic E-state index is 0.102. The minimum atomic E-state index is -1.64. The molecule has 1 aromatic rings. The predicted molar refractivity (Wildman–Crippen MR) is 118 cm³/mol. The number of fused-ring (bicyclic) bond motifs is 3. The van der Waals surface area contributed by atoms with Gasteiger partial charge in [-0.3, -0.25) is 0 Å². The van der Waals surface area contributed by atoms with Gasteiger partial charge in [-0.15, -0.1) is 0 Å². The van der Waals surface area contributed by atoms with Crippen LogP contribution in [0.3, 0.4) is 0 Å². The molecule has 1 aliphatic carbocycles. The van der Waals surface area contributed by atoms with Crippen LogP contribution in [0.25, 0.3) is 6.08 Å². The number of epoxide rings is 1. The SMILES string of the molecule is O=C(C=Cc1ccc(O)cc1)O[C@H]1[C@@H]2C=CO[C@@H](O[C@@H]3O[C@H](CO)[C@@H](O)[C@H](O)[C@H]3O)[C@@H]2[C@]2(CO)O[C@H]12. The van der Waals surface area contributed by atoms with Crippen LogP contribution in [0.4, 0.5) is 0 Å². The summed E-state index contributed by atoms with van der Waals surface area (Å²) in [6.45, 7) is -1.04. The lowest BCUT2D eigenvalue weighted by Crippen LogP contribution is -2.60. The molecule has 3 fully saturated rings. The highest BCUT2D eigenvalue weighted by Crippen LogP contribution is 2.60. The van der Waals surface area contributed by atoms with E-state index in [1.165, 1.54) is 30.5 Å². The number of phenols is 1. The molecule has 36 heavy (non-hydrogen) atoms. The van der Waals surface area contributed by atoms with Crippen LogP contribution in [0.2, 0.25) is 0 Å². The number of phenolic OH excluding ortho intramolecular Hbond substituents is 1. The second-order valence-corrected chi connectivity index (χ2v) is 9.25. The largest absolute Gasteiger partial charge is 0.508 e. The molecule has 0 spiro atoms. The topological polar surface area (TPSA) is 188 Å². The fourth-order valence-corrected chi connectivity index (χ4v) is 5.21. The summed E-state index contributed by atoms with van der Waals surface area (Å²) >= 11 is 0. The molecule has 0 radical (unpaired) electrons. The molecule has 196 valence electrons. The van der Waals surface area contributed by atoms with E-state index in [1.807, 2.05) is 0 Å². The molecule has 0 aromatic heterocycles. The zero-order chi connectivity index (χ0) is 25.6. The van der Waals surface area contributed by atoms with Crippen LogP contribution in [0.1, 0.15) is 5.56 Å². The van der Waals surface area contributed by atoms with Crippen molar-refractivity contribution in [2.75, 3.05) is 13.2 Å². The smallest absolute Gasteiger partial charge is 0.331 e. The molecule has 12 nitrogen and oxygen atoms in total. The van der Waals surface area contributed by atoms with Crippen LogP contribution in [-0.2, 0) is 28.5 Å². The summed E-state index contributed by atoms with van der Waals surface area (Å²) in [7, 11) is 0. The number of aromatic hydroxyl groups is 1. The lowest BCUT2D eigenvalue weighted by atomic mass is 9.85. The number of ether oxygens (including phenoxy) is 5. The van der Waals surface area contributed by atoms with Gasteiger partial charge in [0.1, 0.15) is 48.0 Å². The van der Waals surface area contributed by atoms with E-state index in [0.717, 1.165) is 0 Å². The molecular weight excluding hydrogens is 480 g/mol. The van der Waals surface area contributed by atoms with Crippen molar-refractivity contribution in [1.29, 1.82) is 0 Å². The Labute approximate surface area is 205 Å². The average Bonchev–Trinajstić information content (AvgIpc) is 3.56. The van der Waals surface area contributed by atoms with Gasteiger partial charge in [0, 0.05) is 12.0 Å². The maximum atomic E-state index is 12.6. The van der Waals surface area contributed by atoms with Crippen LogP contribution in [0.5, 0.6) is 5.75 Å². The number of hydrogen-bond acceptors (Lipinski definition) is 12. The van der Waals surface area contributed by atoms with Crippen LogP contribution >= 0.6 is 0 Å². The molecular formula is C24H28O12. The molecule has 0 amide bonds. The molecule has 3 heterocycles. The fourth-order valence-electron chi connectivity index (χ4n) is 5.21. The van der Waals surface area contributed by atoms with E-state index in [-0.39, 0.29) is 5.75 Å². The molecule has 1 aromatic carbocycles. The normalized spacial score (nSPS) is 43.0. The zero-order valence-electron chi connectivity index (χ0n) is 18.9. The molecule has 12 heteroatoms. The van der Waals surface area contributed by atoms with Crippen molar-refractivity contribution in [2.24, 2.45) is 11.8 Å². The summed E-state index contributed by atoms with van der Waals surface area (Å²) in [5, 5.41) is 59.3. The summed E-state index contributed by atoms with van der Waals surface area (Å²) in [6.07, 6.45) is -4.18. The maximum Gasteiger partial charge on any atom is 0.331 e. The number of hydrogen-bond donors (Lipinski definition) is 6. The van der Waals surface area contributed by atoms with Gasteiger partial charge in [-0.25, -0.2) is 4.79 Å². The fraction of sp³-hybridized carbons (Fsp3) is 0.542. The Morgan fingerprint density at radius 3 is 2.50 bits per heavy atom. The summed E-state index contributed by atoms with van der Waals surface area (Å²) in [4.78, 5) is 12.6. The highest BCUT2D eigenvalue weighted by atomic mass is 16.8. The van der Waals surface area contributed by atoms with E-state index in [1.54, 1.807) is 18.2 Å². The number of esters is 1. The quantitative estimate of drug-likeness (QED) is 0.141. The Morgan fingerprint density at radius 1 is 1.06 bits per heavy atom. The number of carbonyl (C=O) groups excluding carboxylic acids is 1. The van der Waals surface area contributed by atoms with Crippen molar-refractivity contribution in [1.82, 2.24) is 0 Å². The number of carbonyl (C=O) groups is 1. The summed E-state index contributed by atoms with van der Waals surface area (Å²) in [6, 6.07) is 6.24. The van der Waals surface area contributed by atoms with E-state index in [0.29, 0.717) is 5.56 Å². The van der Waals surface area contributed by atoms with Crippen molar-refractivity contribution in [3.05, 3.63) is 48.2 Å². The van der Waals surface area contributed by atoms with Gasteiger partial charge < -0.3 is 54.3 Å². The van der Waals surface area contributed by atoms with Gasteiger partial charge in [-0.05, 0) is 29.8 Å². The highest BCUT2D eigenvalue weighted by Gasteiger charge is 2.77. The average molecular weight is 508 g/mol. The molecule has 3 aliphatic heterocycles. The maximum absolute atomic E-state index is 12.6. The Balaban J connectivity index is 1.30. The molecule has 0 unspecified atom stereocenters. The lowest BCUT2D eigenvalue weighted by molar-refractivity contribution is -0.344. The second kappa shape index (κ2) is 9.72. The van der Waals surface area contributed by atoms with Crippen LogP contribution in [-0.4, -0.2) is 105 Å². The molecule has 1 saturated carbocycles. The third-order valence-corrected chi connectivity index (χ3v) is 7.16. The van der Waals surface area contributed by atoms with Crippen LogP contribution in [0.15, 0.2) is 42.7 Å². The summed E-state index contributed by atoms with van der Waals surface area (Å²) in [5.41, 5.74) is -0.444. The summed E-state index contributed by atoms with van der Waals surface area (Å²) < 4.78 is 28.3. The van der Waals surface area contributed by atoms with E-state index >= 15 is 0 Å². The molecule has 2 saturated heterocycles. The lowest BCUT2D eigenvalue weighted by Gasteiger charge is -2.43. The third kappa shape index (κ3) is 4.29. The first-order valence-electron chi connectivity index (χ1n) is 11.5. The van der Waals surface area contributed by atoms with E-state index in [2.05, 4.69) is 0 Å². The van der Waals surface area contributed by atoms with Crippen molar-refractivity contribution in [3.63, 3.8) is 0 Å². The molecule has 11 atom stereocenters. The van der Waals surface area contributed by atoms with Gasteiger partial charge in [-0.2, -0.15) is 0 Å². The third-order valence-electron chi connectivity index (χ3n) is 7.16. The first-order valence-corrected chi connectivity index (χ1v) is 11.5. The number of rotatable bonds is 7. The van der Waals surface area contributed by atoms with E-state index in [4.69, 9.17) is 23.7 Å². The van der Waals surface area contributed by atoms with Crippen molar-refractivity contribution in [2.45, 2.75) is 54.8 Å². The summed E-state index contributed by atoms with van der Waals surface area (Å²) in [5.74, 6) is -1.67. The van der Waals surface area contributed by atoms with Gasteiger partial charge in [-0.1, -0.05) is 12.1 Å². The Bertz CT molecular complexity index is 1010. The van der Waals surface area contributed by atoms with Crippen molar-refractivity contribution >= 4 is 12.0 Å². The van der Waals surface area contributed by atoms with E-state index in [9.17, 15) is 35.4 Å². The Kier molecular flexibility index (Phi) is 6.78. The van der Waals surface area contributed by atoms with Crippen molar-refractivity contribution in [3.8, 4) is 5.75 Å². The number of aliphatic hydroxyl groups excluding tert-OH is 5. The van der Waals surface area contributed by atoms with Crippen LogP contribution < -0.4 is 0 Å². The van der Waals surface area contributed by atoms with Gasteiger partial charge >= 0.3 is 5.97 Å². The monoisotopic (exact) mass is 508 g/mol.